The number of hydrogen-bond acceptors (Lipinski definition) is 2. The third-order valence-corrected chi connectivity index (χ3v) is 4.43. The predicted molar refractivity (Wildman–Crippen MR) is 53.7 cm³/mol. The number of sulfonamides is 1. The van der Waals surface area contributed by atoms with Gasteiger partial charge in [-0.15, -0.1) is 0 Å². The molecule has 0 aromatic heterocycles. The van der Waals surface area contributed by atoms with Crippen LogP contribution in [0.4, 0.5) is 0 Å². The molecule has 1 aliphatic rings. The average Bonchev–Trinajstić information content (AvgIpc) is 2.29. The Morgan fingerprint density at radius 1 is 1.31 bits per heavy atom. The van der Waals surface area contributed by atoms with E-state index in [1.807, 2.05) is 34.6 Å². The number of nitrogens with zero attached hydrogens (tertiary/aromatic N) is 1. The lowest BCUT2D eigenvalue weighted by Gasteiger charge is -2.14. The molecule has 2 unspecified atom stereocenters. The second-order valence-electron chi connectivity index (χ2n) is 5.23. The van der Waals surface area contributed by atoms with Gasteiger partial charge in [-0.1, -0.05) is 34.6 Å². The zero-order chi connectivity index (χ0) is 10.4. The first-order chi connectivity index (χ1) is 5.67. The molecule has 78 valence electrons. The molecule has 0 radical (unpaired) electrons. The Balaban J connectivity index is 2.73. The van der Waals surface area contributed by atoms with Gasteiger partial charge in [-0.3, -0.25) is 0 Å². The molecule has 0 saturated carbocycles. The van der Waals surface area contributed by atoms with Crippen molar-refractivity contribution in [2.75, 3.05) is 6.54 Å². The highest BCUT2D eigenvalue weighted by Gasteiger charge is 2.60. The van der Waals surface area contributed by atoms with Crippen LogP contribution in [0.2, 0.25) is 0 Å². The first-order valence-corrected chi connectivity index (χ1v) is 6.18. The number of rotatable bonds is 2. The van der Waals surface area contributed by atoms with E-state index in [0.29, 0.717) is 12.5 Å². The minimum absolute atomic E-state index is 0.159. The highest BCUT2D eigenvalue weighted by Crippen LogP contribution is 2.43. The van der Waals surface area contributed by atoms with Crippen molar-refractivity contribution in [3.63, 3.8) is 0 Å². The van der Waals surface area contributed by atoms with E-state index in [2.05, 4.69) is 0 Å². The van der Waals surface area contributed by atoms with E-state index in [0.717, 1.165) is 0 Å². The van der Waals surface area contributed by atoms with E-state index in [4.69, 9.17) is 0 Å². The molecule has 13 heavy (non-hydrogen) atoms. The van der Waals surface area contributed by atoms with Gasteiger partial charge in [0.15, 0.2) is 0 Å². The predicted octanol–water partition coefficient (Wildman–Crippen LogP) is 1.66. The first-order valence-electron chi connectivity index (χ1n) is 4.68. The van der Waals surface area contributed by atoms with E-state index in [1.165, 1.54) is 0 Å². The Labute approximate surface area is 81.2 Å². The number of hydrogen-bond donors (Lipinski definition) is 0. The standard InChI is InChI=1S/C9H19NO2S/c1-7(2)6-10-8(9(3,4)5)13(10,11)12/h7-8H,6H2,1-5H3. The third kappa shape index (κ3) is 2.05. The van der Waals surface area contributed by atoms with E-state index in [1.54, 1.807) is 4.31 Å². The van der Waals surface area contributed by atoms with Crippen LogP contribution in [0.5, 0.6) is 0 Å². The molecule has 3 nitrogen and oxygen atoms in total. The Morgan fingerprint density at radius 3 is 2.00 bits per heavy atom. The largest absolute Gasteiger partial charge is 0.233 e. The molecule has 2 atom stereocenters. The van der Waals surface area contributed by atoms with E-state index in [9.17, 15) is 8.42 Å². The highest BCUT2D eigenvalue weighted by molar-refractivity contribution is 7.96. The fourth-order valence-corrected chi connectivity index (χ4v) is 4.17. The maximum absolute atomic E-state index is 11.5. The zero-order valence-electron chi connectivity index (χ0n) is 9.03. The summed E-state index contributed by atoms with van der Waals surface area (Å²) in [7, 11) is -2.92. The monoisotopic (exact) mass is 205 g/mol. The van der Waals surface area contributed by atoms with Gasteiger partial charge in [0.1, 0.15) is 5.37 Å². The van der Waals surface area contributed by atoms with Gasteiger partial charge in [-0.2, -0.15) is 4.31 Å². The summed E-state index contributed by atoms with van der Waals surface area (Å²) in [5.41, 5.74) is -0.159. The lowest BCUT2D eigenvalue weighted by atomic mass is 9.96. The molecule has 1 rings (SSSR count). The summed E-state index contributed by atoms with van der Waals surface area (Å²) in [5, 5.41) is -0.262. The van der Waals surface area contributed by atoms with Gasteiger partial charge in [0.05, 0.1) is 0 Å². The van der Waals surface area contributed by atoms with Gasteiger partial charge in [0, 0.05) is 6.54 Å². The van der Waals surface area contributed by atoms with Gasteiger partial charge in [0.2, 0.25) is 10.0 Å². The van der Waals surface area contributed by atoms with Gasteiger partial charge >= 0.3 is 0 Å². The minimum Gasteiger partial charge on any atom is -0.210 e. The van der Waals surface area contributed by atoms with E-state index in [-0.39, 0.29) is 10.8 Å². The molecule has 0 spiro atoms. The normalized spacial score (nSPS) is 32.2. The van der Waals surface area contributed by atoms with Crippen LogP contribution in [-0.2, 0) is 10.0 Å². The first kappa shape index (κ1) is 11.0. The van der Waals surface area contributed by atoms with Crippen molar-refractivity contribution in [3.8, 4) is 0 Å². The molecule has 0 bridgehead atoms. The fraction of sp³-hybridized carbons (Fsp3) is 1.00. The van der Waals surface area contributed by atoms with Crippen LogP contribution in [0.25, 0.3) is 0 Å². The lowest BCUT2D eigenvalue weighted by molar-refractivity contribution is 0.311. The Bertz CT molecular complexity index is 287. The smallest absolute Gasteiger partial charge is 0.210 e. The quantitative estimate of drug-likeness (QED) is 0.643. The van der Waals surface area contributed by atoms with Crippen molar-refractivity contribution in [1.82, 2.24) is 4.31 Å². The van der Waals surface area contributed by atoms with Crippen molar-refractivity contribution < 1.29 is 8.42 Å². The molecule has 1 saturated heterocycles. The maximum Gasteiger partial charge on any atom is 0.233 e. The van der Waals surface area contributed by atoms with Crippen molar-refractivity contribution >= 4 is 10.0 Å². The fourth-order valence-electron chi connectivity index (χ4n) is 1.68. The average molecular weight is 205 g/mol. The summed E-state index contributed by atoms with van der Waals surface area (Å²) in [5.74, 6) is 0.405. The SMILES string of the molecule is CC(C)CN1C(C(C)(C)C)S1(=O)=O. The Morgan fingerprint density at radius 2 is 1.77 bits per heavy atom. The molecule has 0 amide bonds. The maximum atomic E-state index is 11.5. The van der Waals surface area contributed by atoms with Gasteiger partial charge in [0.25, 0.3) is 0 Å². The topological polar surface area (TPSA) is 37.1 Å². The summed E-state index contributed by atoms with van der Waals surface area (Å²) in [4.78, 5) is 0. The van der Waals surface area contributed by atoms with Crippen molar-refractivity contribution in [3.05, 3.63) is 0 Å². The summed E-state index contributed by atoms with van der Waals surface area (Å²) < 4.78 is 24.6. The van der Waals surface area contributed by atoms with Crippen LogP contribution in [0.15, 0.2) is 0 Å². The van der Waals surface area contributed by atoms with Gasteiger partial charge in [-0.05, 0) is 11.3 Å². The molecule has 0 aliphatic carbocycles. The third-order valence-electron chi connectivity index (χ3n) is 2.11. The summed E-state index contributed by atoms with van der Waals surface area (Å²) >= 11 is 0. The summed E-state index contributed by atoms with van der Waals surface area (Å²) in [6.07, 6.45) is 0. The van der Waals surface area contributed by atoms with Crippen LogP contribution in [0, 0.1) is 11.3 Å². The molecular weight excluding hydrogens is 186 g/mol. The zero-order valence-corrected chi connectivity index (χ0v) is 9.85. The lowest BCUT2D eigenvalue weighted by Crippen LogP contribution is -2.20. The molecule has 1 heterocycles. The van der Waals surface area contributed by atoms with E-state index >= 15 is 0 Å². The van der Waals surface area contributed by atoms with Crippen LogP contribution in [-0.4, -0.2) is 24.6 Å². The van der Waals surface area contributed by atoms with Crippen LogP contribution < -0.4 is 0 Å². The van der Waals surface area contributed by atoms with Crippen LogP contribution in [0.1, 0.15) is 34.6 Å². The molecule has 0 aromatic carbocycles. The highest BCUT2D eigenvalue weighted by atomic mass is 32.2. The summed E-state index contributed by atoms with van der Waals surface area (Å²) in [6, 6.07) is 0. The molecule has 4 heteroatoms. The Hall–Kier alpha value is -0.0900. The van der Waals surface area contributed by atoms with E-state index < -0.39 is 10.0 Å². The second-order valence-corrected chi connectivity index (χ2v) is 7.17. The summed E-state index contributed by atoms with van der Waals surface area (Å²) in [6.45, 7) is 10.6. The molecule has 0 aromatic rings. The van der Waals surface area contributed by atoms with Crippen LogP contribution in [0.3, 0.4) is 0 Å². The van der Waals surface area contributed by atoms with Gasteiger partial charge in [-0.25, -0.2) is 8.42 Å². The van der Waals surface area contributed by atoms with Crippen LogP contribution >= 0.6 is 0 Å². The second kappa shape index (κ2) is 2.95. The molecule has 0 N–H and O–H groups in total. The minimum atomic E-state index is -2.92. The molecule has 1 aliphatic heterocycles. The van der Waals surface area contributed by atoms with Gasteiger partial charge < -0.3 is 0 Å². The Kier molecular flexibility index (Phi) is 2.50. The molecule has 1 fully saturated rings. The van der Waals surface area contributed by atoms with Crippen molar-refractivity contribution in [2.45, 2.75) is 40.0 Å². The molecular formula is C9H19NO2S. The van der Waals surface area contributed by atoms with Crippen molar-refractivity contribution in [1.29, 1.82) is 0 Å². The van der Waals surface area contributed by atoms with Crippen molar-refractivity contribution in [2.24, 2.45) is 11.3 Å².